The van der Waals surface area contributed by atoms with E-state index in [1.807, 2.05) is 6.07 Å². The largest absolute Gasteiger partial charge is 0.484 e. The number of amides is 1. The summed E-state index contributed by atoms with van der Waals surface area (Å²) in [4.78, 5) is 11.8. The number of hydrogen-bond acceptors (Lipinski definition) is 3. The van der Waals surface area contributed by atoms with Gasteiger partial charge in [0.1, 0.15) is 5.75 Å². The molecule has 0 atom stereocenters. The highest BCUT2D eigenvalue weighted by molar-refractivity contribution is 5.77. The van der Waals surface area contributed by atoms with Crippen molar-refractivity contribution in [2.75, 3.05) is 12.3 Å². The van der Waals surface area contributed by atoms with E-state index in [9.17, 15) is 4.79 Å². The van der Waals surface area contributed by atoms with E-state index in [1.165, 1.54) is 25.7 Å². The Bertz CT molecular complexity index is 412. The van der Waals surface area contributed by atoms with Crippen LogP contribution in [0.4, 0.5) is 5.69 Å². The van der Waals surface area contributed by atoms with Gasteiger partial charge in [0.15, 0.2) is 6.61 Å². The molecule has 0 heterocycles. The van der Waals surface area contributed by atoms with Crippen LogP contribution >= 0.6 is 0 Å². The summed E-state index contributed by atoms with van der Waals surface area (Å²) in [5.41, 5.74) is 6.29. The van der Waals surface area contributed by atoms with Crippen LogP contribution in [0, 0.1) is 0 Å². The van der Waals surface area contributed by atoms with E-state index in [1.54, 1.807) is 18.2 Å². The molecule has 1 aromatic rings. The van der Waals surface area contributed by atoms with Crippen molar-refractivity contribution in [3.05, 3.63) is 24.3 Å². The first-order chi connectivity index (χ1) is 9.24. The highest BCUT2D eigenvalue weighted by Gasteiger charge is 2.14. The van der Waals surface area contributed by atoms with E-state index in [4.69, 9.17) is 10.5 Å². The summed E-state index contributed by atoms with van der Waals surface area (Å²) < 4.78 is 5.43. The van der Waals surface area contributed by atoms with Crippen LogP contribution in [-0.4, -0.2) is 18.6 Å². The van der Waals surface area contributed by atoms with Crippen molar-refractivity contribution in [1.29, 1.82) is 0 Å². The van der Waals surface area contributed by atoms with Gasteiger partial charge in [-0.1, -0.05) is 31.7 Å². The molecule has 0 aliphatic heterocycles. The Hall–Kier alpha value is -1.71. The fourth-order valence-electron chi connectivity index (χ4n) is 2.45. The van der Waals surface area contributed by atoms with Crippen molar-refractivity contribution in [3.63, 3.8) is 0 Å². The first-order valence-electron chi connectivity index (χ1n) is 7.02. The van der Waals surface area contributed by atoms with Crippen LogP contribution < -0.4 is 15.8 Å². The summed E-state index contributed by atoms with van der Waals surface area (Å²) >= 11 is 0. The van der Waals surface area contributed by atoms with Crippen molar-refractivity contribution >= 4 is 11.6 Å². The molecule has 3 N–H and O–H groups in total. The van der Waals surface area contributed by atoms with Gasteiger partial charge in [0.05, 0.1) is 0 Å². The third kappa shape index (κ3) is 4.81. The molecular weight excluding hydrogens is 240 g/mol. The molecule has 1 aliphatic carbocycles. The van der Waals surface area contributed by atoms with Gasteiger partial charge in [-0.3, -0.25) is 4.79 Å². The average Bonchev–Trinajstić information content (AvgIpc) is 2.65. The topological polar surface area (TPSA) is 64.3 Å². The number of carbonyl (C=O) groups is 1. The Balaban J connectivity index is 1.74. The molecule has 0 bridgehead atoms. The Kier molecular flexibility index (Phi) is 5.07. The Morgan fingerprint density at radius 3 is 2.68 bits per heavy atom. The lowest BCUT2D eigenvalue weighted by Crippen LogP contribution is -2.37. The summed E-state index contributed by atoms with van der Waals surface area (Å²) in [5.74, 6) is 0.588. The standard InChI is InChI=1S/C15H22N2O2/c16-12-6-5-9-14(10-12)19-11-15(18)17-13-7-3-1-2-4-8-13/h5-6,9-10,13H,1-4,7-8,11,16H2,(H,17,18). The molecule has 1 aliphatic rings. The first kappa shape index (κ1) is 13.7. The Morgan fingerprint density at radius 2 is 2.00 bits per heavy atom. The highest BCUT2D eigenvalue weighted by atomic mass is 16.5. The normalized spacial score (nSPS) is 16.6. The number of anilines is 1. The number of rotatable bonds is 4. The predicted molar refractivity (Wildman–Crippen MR) is 76.0 cm³/mol. The van der Waals surface area contributed by atoms with Crippen LogP contribution in [0.1, 0.15) is 38.5 Å². The zero-order chi connectivity index (χ0) is 13.5. The van der Waals surface area contributed by atoms with Gasteiger partial charge >= 0.3 is 0 Å². The molecule has 4 nitrogen and oxygen atoms in total. The summed E-state index contributed by atoms with van der Waals surface area (Å²) in [7, 11) is 0. The third-order valence-electron chi connectivity index (χ3n) is 3.45. The maximum atomic E-state index is 11.8. The second-order valence-corrected chi connectivity index (χ2v) is 5.12. The summed E-state index contributed by atoms with van der Waals surface area (Å²) in [6.07, 6.45) is 7.16. The Morgan fingerprint density at radius 1 is 1.26 bits per heavy atom. The van der Waals surface area contributed by atoms with Crippen molar-refractivity contribution in [2.24, 2.45) is 0 Å². The molecular formula is C15H22N2O2. The van der Waals surface area contributed by atoms with E-state index < -0.39 is 0 Å². The van der Waals surface area contributed by atoms with Gasteiger partial charge in [-0.05, 0) is 25.0 Å². The lowest BCUT2D eigenvalue weighted by atomic mass is 10.1. The van der Waals surface area contributed by atoms with Gasteiger partial charge in [-0.15, -0.1) is 0 Å². The molecule has 0 aromatic heterocycles. The summed E-state index contributed by atoms with van der Waals surface area (Å²) in [6.45, 7) is 0.0555. The third-order valence-corrected chi connectivity index (χ3v) is 3.45. The van der Waals surface area contributed by atoms with E-state index in [0.29, 0.717) is 17.5 Å². The minimum Gasteiger partial charge on any atom is -0.484 e. The van der Waals surface area contributed by atoms with Crippen LogP contribution in [0.2, 0.25) is 0 Å². The van der Waals surface area contributed by atoms with Gasteiger partial charge in [0.25, 0.3) is 5.91 Å². The molecule has 0 spiro atoms. The molecule has 0 unspecified atom stereocenters. The molecule has 2 rings (SSSR count). The molecule has 0 radical (unpaired) electrons. The first-order valence-corrected chi connectivity index (χ1v) is 7.02. The number of nitrogens with two attached hydrogens (primary N) is 1. The number of nitrogens with one attached hydrogen (secondary N) is 1. The SMILES string of the molecule is Nc1cccc(OCC(=O)NC2CCCCCC2)c1. The van der Waals surface area contributed by atoms with Gasteiger partial charge in [0, 0.05) is 17.8 Å². The monoisotopic (exact) mass is 262 g/mol. The van der Waals surface area contributed by atoms with Crippen LogP contribution in [0.3, 0.4) is 0 Å². The highest BCUT2D eigenvalue weighted by Crippen LogP contribution is 2.17. The molecule has 1 aromatic carbocycles. The number of benzene rings is 1. The number of ether oxygens (including phenoxy) is 1. The van der Waals surface area contributed by atoms with E-state index >= 15 is 0 Å². The van der Waals surface area contributed by atoms with Gasteiger partial charge in [-0.2, -0.15) is 0 Å². The minimum atomic E-state index is -0.0469. The van der Waals surface area contributed by atoms with Crippen LogP contribution in [-0.2, 0) is 4.79 Å². The van der Waals surface area contributed by atoms with Crippen molar-refractivity contribution in [2.45, 2.75) is 44.6 Å². The lowest BCUT2D eigenvalue weighted by Gasteiger charge is -2.16. The molecule has 19 heavy (non-hydrogen) atoms. The zero-order valence-electron chi connectivity index (χ0n) is 11.2. The molecule has 0 saturated heterocycles. The van der Waals surface area contributed by atoms with Crippen molar-refractivity contribution in [1.82, 2.24) is 5.32 Å². The van der Waals surface area contributed by atoms with E-state index in [0.717, 1.165) is 12.8 Å². The zero-order valence-corrected chi connectivity index (χ0v) is 11.2. The van der Waals surface area contributed by atoms with Crippen LogP contribution in [0.15, 0.2) is 24.3 Å². The maximum Gasteiger partial charge on any atom is 0.258 e. The lowest BCUT2D eigenvalue weighted by molar-refractivity contribution is -0.123. The molecule has 4 heteroatoms. The fraction of sp³-hybridized carbons (Fsp3) is 0.533. The van der Waals surface area contributed by atoms with Crippen LogP contribution in [0.25, 0.3) is 0 Å². The number of hydrogen-bond donors (Lipinski definition) is 2. The fourth-order valence-corrected chi connectivity index (χ4v) is 2.45. The van der Waals surface area contributed by atoms with E-state index in [-0.39, 0.29) is 12.5 Å². The number of carbonyl (C=O) groups excluding carboxylic acids is 1. The van der Waals surface area contributed by atoms with Gasteiger partial charge in [0.2, 0.25) is 0 Å². The quantitative estimate of drug-likeness (QED) is 0.647. The van der Waals surface area contributed by atoms with Crippen molar-refractivity contribution < 1.29 is 9.53 Å². The van der Waals surface area contributed by atoms with Crippen molar-refractivity contribution in [3.8, 4) is 5.75 Å². The van der Waals surface area contributed by atoms with Gasteiger partial charge in [-0.25, -0.2) is 0 Å². The summed E-state index contributed by atoms with van der Waals surface area (Å²) in [5, 5.41) is 3.05. The molecule has 1 amide bonds. The Labute approximate surface area is 114 Å². The minimum absolute atomic E-state index is 0.0469. The second kappa shape index (κ2) is 7.02. The maximum absolute atomic E-state index is 11.8. The van der Waals surface area contributed by atoms with Crippen LogP contribution in [0.5, 0.6) is 5.75 Å². The predicted octanol–water partition coefficient (Wildman–Crippen LogP) is 2.49. The molecule has 1 saturated carbocycles. The second-order valence-electron chi connectivity index (χ2n) is 5.12. The van der Waals surface area contributed by atoms with Gasteiger partial charge < -0.3 is 15.8 Å². The van der Waals surface area contributed by atoms with E-state index in [2.05, 4.69) is 5.32 Å². The molecule has 1 fully saturated rings. The molecule has 104 valence electrons. The average molecular weight is 262 g/mol. The number of nitrogen functional groups attached to an aromatic ring is 1. The summed E-state index contributed by atoms with van der Waals surface area (Å²) in [6, 6.07) is 7.44. The smallest absolute Gasteiger partial charge is 0.258 e.